The van der Waals surface area contributed by atoms with Crippen LogP contribution in [0.15, 0.2) is 88.8 Å². The number of methoxy groups -OCH3 is 1. The van der Waals surface area contributed by atoms with E-state index in [1.165, 1.54) is 39.8 Å². The molecule has 5 rings (SSSR count). The molecule has 0 aliphatic rings. The lowest BCUT2D eigenvalue weighted by Crippen LogP contribution is -2.22. The fraction of sp³-hybridized carbons (Fsp3) is 0.0800. The van der Waals surface area contributed by atoms with Crippen LogP contribution < -0.4 is 10.3 Å². The molecule has 2 aromatic heterocycles. The predicted molar refractivity (Wildman–Crippen MR) is 145 cm³/mol. The number of hydrogen-bond donors (Lipinski definition) is 0. The van der Waals surface area contributed by atoms with Gasteiger partial charge >= 0.3 is 0 Å². The van der Waals surface area contributed by atoms with E-state index in [9.17, 15) is 14.9 Å². The molecule has 0 aliphatic carbocycles. The summed E-state index contributed by atoms with van der Waals surface area (Å²) in [6.45, 7) is 0. The number of para-hydroxylation sites is 3. The average Bonchev–Trinajstić information content (AvgIpc) is 3.24. The zero-order valence-electron chi connectivity index (χ0n) is 18.9. The minimum absolute atomic E-state index is 0.00846. The standard InChI is InChI=1S/C25H18N4O4S3/c1-33-20-13-6-5-12-19(20)28-23(30)21-22(27(25(34)36-21)17-9-3-2-4-10-17)26-24(28)35-15-16-8-7-11-18(14-16)29(31)32/h2-14H,15H2,1H3. The van der Waals surface area contributed by atoms with Crippen molar-refractivity contribution in [2.45, 2.75) is 10.9 Å². The van der Waals surface area contributed by atoms with Crippen molar-refractivity contribution in [3.8, 4) is 17.1 Å². The summed E-state index contributed by atoms with van der Waals surface area (Å²) >= 11 is 8.14. The first-order valence-corrected chi connectivity index (χ1v) is 12.9. The molecule has 36 heavy (non-hydrogen) atoms. The van der Waals surface area contributed by atoms with Gasteiger partial charge in [0.1, 0.15) is 10.4 Å². The molecule has 0 atom stereocenters. The van der Waals surface area contributed by atoms with Crippen LogP contribution in [-0.2, 0) is 5.75 Å². The van der Waals surface area contributed by atoms with E-state index in [0.717, 1.165) is 11.3 Å². The minimum Gasteiger partial charge on any atom is -0.495 e. The summed E-state index contributed by atoms with van der Waals surface area (Å²) in [6, 6.07) is 23.1. The van der Waals surface area contributed by atoms with Crippen molar-refractivity contribution in [3.05, 3.63) is 109 Å². The summed E-state index contributed by atoms with van der Waals surface area (Å²) in [5, 5.41) is 11.6. The number of nitro benzene ring substituents is 1. The molecule has 5 aromatic rings. The van der Waals surface area contributed by atoms with Crippen molar-refractivity contribution >= 4 is 51.4 Å². The highest BCUT2D eigenvalue weighted by atomic mass is 32.2. The number of aromatic nitrogens is 3. The first-order chi connectivity index (χ1) is 17.5. The Labute approximate surface area is 218 Å². The van der Waals surface area contributed by atoms with Crippen LogP contribution in [0.25, 0.3) is 21.7 Å². The first-order valence-electron chi connectivity index (χ1n) is 10.7. The third-order valence-corrected chi connectivity index (χ3v) is 7.77. The van der Waals surface area contributed by atoms with Gasteiger partial charge < -0.3 is 4.74 Å². The molecule has 2 heterocycles. The number of fused-ring (bicyclic) bond motifs is 1. The summed E-state index contributed by atoms with van der Waals surface area (Å²) in [4.78, 5) is 29.6. The van der Waals surface area contributed by atoms with E-state index in [1.54, 1.807) is 35.9 Å². The number of ether oxygens (including phenoxy) is 1. The Bertz CT molecular complexity index is 1710. The van der Waals surface area contributed by atoms with Gasteiger partial charge in [0, 0.05) is 23.6 Å². The molecule has 0 N–H and O–H groups in total. The molecule has 0 unspecified atom stereocenters. The molecule has 180 valence electrons. The molecular weight excluding hydrogens is 517 g/mol. The van der Waals surface area contributed by atoms with Gasteiger partial charge in [0.05, 0.1) is 17.7 Å². The fourth-order valence-electron chi connectivity index (χ4n) is 3.77. The second-order valence-electron chi connectivity index (χ2n) is 7.61. The smallest absolute Gasteiger partial charge is 0.278 e. The lowest BCUT2D eigenvalue weighted by molar-refractivity contribution is -0.384. The van der Waals surface area contributed by atoms with E-state index in [-0.39, 0.29) is 11.2 Å². The number of non-ortho nitro benzene ring substituents is 1. The average molecular weight is 535 g/mol. The Morgan fingerprint density at radius 1 is 1.06 bits per heavy atom. The molecule has 0 radical (unpaired) electrons. The van der Waals surface area contributed by atoms with Crippen LogP contribution >= 0.6 is 35.3 Å². The van der Waals surface area contributed by atoms with Gasteiger partial charge in [-0.2, -0.15) is 0 Å². The Morgan fingerprint density at radius 3 is 2.56 bits per heavy atom. The van der Waals surface area contributed by atoms with Crippen molar-refractivity contribution in [2.75, 3.05) is 7.11 Å². The van der Waals surface area contributed by atoms with Crippen molar-refractivity contribution in [3.63, 3.8) is 0 Å². The Kier molecular flexibility index (Phi) is 6.68. The maximum Gasteiger partial charge on any atom is 0.278 e. The lowest BCUT2D eigenvalue weighted by Gasteiger charge is -2.15. The maximum atomic E-state index is 13.9. The highest BCUT2D eigenvalue weighted by Crippen LogP contribution is 2.31. The number of hydrogen-bond acceptors (Lipinski definition) is 8. The highest BCUT2D eigenvalue weighted by Gasteiger charge is 2.21. The van der Waals surface area contributed by atoms with E-state index in [4.69, 9.17) is 21.9 Å². The molecule has 11 heteroatoms. The van der Waals surface area contributed by atoms with E-state index in [2.05, 4.69) is 0 Å². The summed E-state index contributed by atoms with van der Waals surface area (Å²) in [5.74, 6) is 0.884. The third kappa shape index (κ3) is 4.43. The minimum atomic E-state index is -0.428. The Hall–Kier alpha value is -3.80. The summed E-state index contributed by atoms with van der Waals surface area (Å²) < 4.78 is 9.77. The van der Waals surface area contributed by atoms with E-state index in [0.29, 0.717) is 36.6 Å². The van der Waals surface area contributed by atoms with Crippen LogP contribution in [0.1, 0.15) is 5.56 Å². The number of thiazole rings is 1. The molecule has 0 amide bonds. The molecule has 3 aromatic carbocycles. The Balaban J connectivity index is 1.72. The molecule has 0 saturated heterocycles. The monoisotopic (exact) mass is 534 g/mol. The largest absolute Gasteiger partial charge is 0.495 e. The number of rotatable bonds is 7. The molecule has 0 aliphatic heterocycles. The normalized spacial score (nSPS) is 11.0. The van der Waals surface area contributed by atoms with Crippen LogP contribution in [0.3, 0.4) is 0 Å². The van der Waals surface area contributed by atoms with Crippen LogP contribution in [0, 0.1) is 14.1 Å². The molecular formula is C25H18N4O4S3. The van der Waals surface area contributed by atoms with Gasteiger partial charge in [0.25, 0.3) is 11.2 Å². The van der Waals surface area contributed by atoms with Crippen LogP contribution in [0.2, 0.25) is 0 Å². The van der Waals surface area contributed by atoms with E-state index in [1.807, 2.05) is 42.5 Å². The van der Waals surface area contributed by atoms with E-state index < -0.39 is 4.92 Å². The molecule has 0 spiro atoms. The summed E-state index contributed by atoms with van der Waals surface area (Å²) in [5.41, 5.74) is 2.30. The van der Waals surface area contributed by atoms with Crippen molar-refractivity contribution in [1.82, 2.24) is 14.1 Å². The van der Waals surface area contributed by atoms with Gasteiger partial charge in [-0.05, 0) is 42.0 Å². The Morgan fingerprint density at radius 2 is 1.81 bits per heavy atom. The van der Waals surface area contributed by atoms with Gasteiger partial charge in [-0.25, -0.2) is 4.98 Å². The number of nitro groups is 1. The second kappa shape index (κ2) is 10.1. The van der Waals surface area contributed by atoms with Crippen LogP contribution in [0.5, 0.6) is 5.75 Å². The van der Waals surface area contributed by atoms with Gasteiger partial charge in [-0.3, -0.25) is 24.0 Å². The second-order valence-corrected chi connectivity index (χ2v) is 10.2. The van der Waals surface area contributed by atoms with Crippen LogP contribution in [-0.4, -0.2) is 26.2 Å². The SMILES string of the molecule is COc1ccccc1-n1c(SCc2cccc([N+](=O)[O-])c2)nc2c(sc(=S)n2-c2ccccc2)c1=O. The number of thioether (sulfide) groups is 1. The zero-order valence-corrected chi connectivity index (χ0v) is 21.3. The van der Waals surface area contributed by atoms with Crippen LogP contribution in [0.4, 0.5) is 5.69 Å². The van der Waals surface area contributed by atoms with E-state index >= 15 is 0 Å². The molecule has 0 saturated carbocycles. The number of nitrogens with zero attached hydrogens (tertiary/aromatic N) is 4. The summed E-state index contributed by atoms with van der Waals surface area (Å²) in [6.07, 6.45) is 0. The van der Waals surface area contributed by atoms with Gasteiger partial charge in [0.15, 0.2) is 14.8 Å². The number of benzene rings is 3. The van der Waals surface area contributed by atoms with Gasteiger partial charge in [0.2, 0.25) is 0 Å². The molecule has 0 fully saturated rings. The third-order valence-electron chi connectivity index (χ3n) is 5.41. The van der Waals surface area contributed by atoms with Crippen molar-refractivity contribution < 1.29 is 9.66 Å². The van der Waals surface area contributed by atoms with Crippen molar-refractivity contribution in [2.24, 2.45) is 0 Å². The van der Waals surface area contributed by atoms with Gasteiger partial charge in [-0.1, -0.05) is 65.6 Å². The first kappa shape index (κ1) is 23.9. The van der Waals surface area contributed by atoms with Crippen molar-refractivity contribution in [1.29, 1.82) is 0 Å². The molecule has 8 nitrogen and oxygen atoms in total. The summed E-state index contributed by atoms with van der Waals surface area (Å²) in [7, 11) is 1.54. The highest BCUT2D eigenvalue weighted by molar-refractivity contribution is 7.98. The lowest BCUT2D eigenvalue weighted by atomic mass is 10.2. The zero-order chi connectivity index (χ0) is 25.2. The molecule has 0 bridgehead atoms. The quantitative estimate of drug-likeness (QED) is 0.0810. The maximum absolute atomic E-state index is 13.9. The fourth-order valence-corrected chi connectivity index (χ4v) is 6.02. The van der Waals surface area contributed by atoms with Gasteiger partial charge in [-0.15, -0.1) is 0 Å². The topological polar surface area (TPSA) is 92.2 Å². The predicted octanol–water partition coefficient (Wildman–Crippen LogP) is 6.18.